The number of carbonyl (C=O) groups excluding carboxylic acids is 3. The summed E-state index contributed by atoms with van der Waals surface area (Å²) in [5.74, 6) is -1.67. The van der Waals surface area contributed by atoms with Crippen molar-refractivity contribution in [1.82, 2.24) is 14.8 Å². The molecule has 3 heterocycles. The molecule has 0 bridgehead atoms. The second-order valence-electron chi connectivity index (χ2n) is 8.11. The summed E-state index contributed by atoms with van der Waals surface area (Å²) >= 11 is 0. The Hall–Kier alpha value is -3.13. The topological polar surface area (TPSA) is 79.8 Å². The van der Waals surface area contributed by atoms with E-state index in [2.05, 4.69) is 4.98 Å². The van der Waals surface area contributed by atoms with E-state index in [-0.39, 0.29) is 31.3 Å². The lowest BCUT2D eigenvalue weighted by Gasteiger charge is -2.31. The molecule has 8 heteroatoms. The Morgan fingerprint density at radius 1 is 1.32 bits per heavy atom. The summed E-state index contributed by atoms with van der Waals surface area (Å²) < 4.78 is 19.4. The van der Waals surface area contributed by atoms with Crippen LogP contribution in [0.4, 0.5) is 4.39 Å². The number of benzene rings is 1. The van der Waals surface area contributed by atoms with Crippen LogP contribution in [0.15, 0.2) is 48.8 Å². The van der Waals surface area contributed by atoms with Crippen LogP contribution in [0.1, 0.15) is 30.4 Å². The maximum atomic E-state index is 14.1. The maximum Gasteiger partial charge on any atom is 0.241 e. The van der Waals surface area contributed by atoms with Gasteiger partial charge in [-0.2, -0.15) is 0 Å². The number of carbonyl (C=O) groups is 3. The largest absolute Gasteiger partial charge is 0.379 e. The summed E-state index contributed by atoms with van der Waals surface area (Å²) in [6.45, 7) is 1.08. The maximum absolute atomic E-state index is 14.1. The third kappa shape index (κ3) is 4.07. The molecule has 1 aromatic heterocycles. The highest BCUT2D eigenvalue weighted by Gasteiger charge is 2.54. The Bertz CT molecular complexity index is 993. The molecule has 0 aliphatic carbocycles. The Labute approximate surface area is 179 Å². The van der Waals surface area contributed by atoms with Crippen molar-refractivity contribution in [2.45, 2.75) is 37.3 Å². The minimum Gasteiger partial charge on any atom is -0.379 e. The van der Waals surface area contributed by atoms with E-state index in [9.17, 15) is 18.8 Å². The van der Waals surface area contributed by atoms with E-state index in [0.29, 0.717) is 24.3 Å². The van der Waals surface area contributed by atoms with Crippen LogP contribution in [0.25, 0.3) is 0 Å². The first-order chi connectivity index (χ1) is 14.9. The molecule has 3 amide bonds. The zero-order chi connectivity index (χ0) is 22.0. The molecule has 0 spiro atoms. The lowest BCUT2D eigenvalue weighted by molar-refractivity contribution is -0.143. The molecule has 2 atom stereocenters. The molecule has 0 saturated carbocycles. The van der Waals surface area contributed by atoms with Gasteiger partial charge < -0.3 is 9.64 Å². The van der Waals surface area contributed by atoms with Gasteiger partial charge >= 0.3 is 0 Å². The van der Waals surface area contributed by atoms with Gasteiger partial charge in [-0.05, 0) is 35.7 Å². The fourth-order valence-corrected chi connectivity index (χ4v) is 4.30. The molecule has 0 unspecified atom stereocenters. The monoisotopic (exact) mass is 425 g/mol. The number of aromatic nitrogens is 1. The summed E-state index contributed by atoms with van der Waals surface area (Å²) in [5, 5.41) is 0. The van der Waals surface area contributed by atoms with Gasteiger partial charge in [-0.25, -0.2) is 4.39 Å². The molecule has 2 fully saturated rings. The third-order valence-corrected chi connectivity index (χ3v) is 6.15. The standard InChI is InChI=1S/C23H24FN3O4/c1-26(19-7-9-31-15-19)20(28)11-23(17-5-2-6-18(24)10-17)12-21(29)27(22(23)30)14-16-4-3-8-25-13-16/h2-6,8,10,13,19H,7,9,11-12,14-15H2,1H3/t19-,23+/m1/s1. The number of imide groups is 1. The van der Waals surface area contributed by atoms with Crippen LogP contribution in [-0.4, -0.2) is 58.8 Å². The van der Waals surface area contributed by atoms with E-state index in [1.165, 1.54) is 18.2 Å². The lowest BCUT2D eigenvalue weighted by Crippen LogP contribution is -2.45. The second-order valence-corrected chi connectivity index (χ2v) is 8.11. The highest BCUT2D eigenvalue weighted by Crippen LogP contribution is 2.41. The Kier molecular flexibility index (Phi) is 5.82. The van der Waals surface area contributed by atoms with Gasteiger partial charge in [0, 0.05) is 38.9 Å². The van der Waals surface area contributed by atoms with E-state index < -0.39 is 23.0 Å². The molecule has 0 N–H and O–H groups in total. The zero-order valence-electron chi connectivity index (χ0n) is 17.3. The lowest BCUT2D eigenvalue weighted by atomic mass is 9.75. The Morgan fingerprint density at radius 3 is 2.84 bits per heavy atom. The molecular formula is C23H24FN3O4. The molecule has 7 nitrogen and oxygen atoms in total. The molecule has 2 aliphatic heterocycles. The van der Waals surface area contributed by atoms with Gasteiger partial charge in [0.1, 0.15) is 5.82 Å². The summed E-state index contributed by atoms with van der Waals surface area (Å²) in [7, 11) is 1.68. The van der Waals surface area contributed by atoms with Crippen molar-refractivity contribution in [2.24, 2.45) is 0 Å². The number of hydrogen-bond acceptors (Lipinski definition) is 5. The molecule has 31 heavy (non-hydrogen) atoms. The van der Waals surface area contributed by atoms with Crippen molar-refractivity contribution in [3.63, 3.8) is 0 Å². The normalized spacial score (nSPS) is 23.4. The number of hydrogen-bond donors (Lipinski definition) is 0. The minimum absolute atomic E-state index is 0.0586. The van der Waals surface area contributed by atoms with Crippen LogP contribution < -0.4 is 0 Å². The molecule has 2 aromatic rings. The number of likely N-dealkylation sites (N-methyl/N-ethyl adjacent to an activating group) is 1. The van der Waals surface area contributed by atoms with E-state index >= 15 is 0 Å². The zero-order valence-corrected chi connectivity index (χ0v) is 17.3. The number of amides is 3. The Morgan fingerprint density at radius 2 is 2.16 bits per heavy atom. The number of halogens is 1. The first kappa shape index (κ1) is 21.1. The van der Waals surface area contributed by atoms with Crippen LogP contribution >= 0.6 is 0 Å². The fraction of sp³-hybridized carbons (Fsp3) is 0.391. The van der Waals surface area contributed by atoms with Gasteiger partial charge in [0.05, 0.1) is 24.6 Å². The summed E-state index contributed by atoms with van der Waals surface area (Å²) in [4.78, 5) is 46.4. The van der Waals surface area contributed by atoms with Crippen LogP contribution in [-0.2, 0) is 31.1 Å². The molecule has 162 valence electrons. The summed E-state index contributed by atoms with van der Waals surface area (Å²) in [6.07, 6.45) is 3.51. The highest BCUT2D eigenvalue weighted by molar-refractivity contribution is 6.10. The van der Waals surface area contributed by atoms with Gasteiger partial charge in [-0.1, -0.05) is 18.2 Å². The van der Waals surface area contributed by atoms with Crippen LogP contribution in [0.2, 0.25) is 0 Å². The molecular weight excluding hydrogens is 401 g/mol. The van der Waals surface area contributed by atoms with E-state index in [1.807, 2.05) is 0 Å². The average Bonchev–Trinajstić information content (AvgIpc) is 3.38. The number of nitrogens with zero attached hydrogens (tertiary/aromatic N) is 3. The third-order valence-electron chi connectivity index (χ3n) is 6.15. The SMILES string of the molecule is CN(C(=O)C[C@@]1(c2cccc(F)c2)CC(=O)N(Cc2cccnc2)C1=O)[C@@H]1CCOC1. The quantitative estimate of drug-likeness (QED) is 0.662. The molecule has 2 saturated heterocycles. The smallest absolute Gasteiger partial charge is 0.241 e. The molecule has 1 aromatic carbocycles. The minimum atomic E-state index is -1.44. The Balaban J connectivity index is 1.67. The highest BCUT2D eigenvalue weighted by atomic mass is 19.1. The van der Waals surface area contributed by atoms with E-state index in [1.54, 1.807) is 42.5 Å². The van der Waals surface area contributed by atoms with Crippen molar-refractivity contribution in [2.75, 3.05) is 20.3 Å². The van der Waals surface area contributed by atoms with Gasteiger partial charge in [0.25, 0.3) is 0 Å². The van der Waals surface area contributed by atoms with Crippen molar-refractivity contribution in [3.05, 3.63) is 65.7 Å². The van der Waals surface area contributed by atoms with Gasteiger partial charge in [0.15, 0.2) is 0 Å². The number of ether oxygens (including phenoxy) is 1. The first-order valence-electron chi connectivity index (χ1n) is 10.2. The average molecular weight is 425 g/mol. The van der Waals surface area contributed by atoms with E-state index in [0.717, 1.165) is 11.3 Å². The number of rotatable bonds is 6. The van der Waals surface area contributed by atoms with Crippen molar-refractivity contribution < 1.29 is 23.5 Å². The summed E-state index contributed by atoms with van der Waals surface area (Å²) in [6, 6.07) is 9.04. The number of likely N-dealkylation sites (tertiary alicyclic amines) is 1. The van der Waals surface area contributed by atoms with Gasteiger partial charge in [-0.3, -0.25) is 24.3 Å². The predicted molar refractivity (Wildman–Crippen MR) is 109 cm³/mol. The molecule has 4 rings (SSSR count). The van der Waals surface area contributed by atoms with Crippen LogP contribution in [0.5, 0.6) is 0 Å². The van der Waals surface area contributed by atoms with Crippen LogP contribution in [0.3, 0.4) is 0 Å². The van der Waals surface area contributed by atoms with Gasteiger partial charge in [0.2, 0.25) is 17.7 Å². The fourth-order valence-electron chi connectivity index (χ4n) is 4.30. The molecule has 2 aliphatic rings. The second kappa shape index (κ2) is 8.55. The summed E-state index contributed by atoms with van der Waals surface area (Å²) in [5.41, 5.74) is -0.401. The van der Waals surface area contributed by atoms with Crippen molar-refractivity contribution in [3.8, 4) is 0 Å². The molecule has 0 radical (unpaired) electrons. The van der Waals surface area contributed by atoms with E-state index in [4.69, 9.17) is 4.74 Å². The van der Waals surface area contributed by atoms with Crippen molar-refractivity contribution in [1.29, 1.82) is 0 Å². The van der Waals surface area contributed by atoms with Crippen LogP contribution in [0, 0.1) is 5.82 Å². The van der Waals surface area contributed by atoms with Crippen molar-refractivity contribution >= 4 is 17.7 Å². The van der Waals surface area contributed by atoms with Gasteiger partial charge in [-0.15, -0.1) is 0 Å². The number of pyridine rings is 1. The first-order valence-corrected chi connectivity index (χ1v) is 10.2. The predicted octanol–water partition coefficient (Wildman–Crippen LogP) is 2.05.